The Hall–Kier alpha value is -2.83. The summed E-state index contributed by atoms with van der Waals surface area (Å²) < 4.78 is 0. The number of aliphatic hydroxyl groups excluding tert-OH is 1. The Bertz CT molecular complexity index is 864. The van der Waals surface area contributed by atoms with Crippen molar-refractivity contribution >= 4 is 35.5 Å². The lowest BCUT2D eigenvalue weighted by Gasteiger charge is -2.26. The number of carboxylic acids is 1. The highest BCUT2D eigenvalue weighted by molar-refractivity contribution is 7.98. The van der Waals surface area contributed by atoms with E-state index in [-0.39, 0.29) is 24.5 Å². The van der Waals surface area contributed by atoms with Crippen LogP contribution in [0, 0.1) is 5.92 Å². The molecule has 1 aromatic carbocycles. The molecule has 0 radical (unpaired) electrons. The first-order valence-corrected chi connectivity index (χ1v) is 12.6. The number of carbonyl (C=O) groups excluding carboxylic acids is 3. The number of rotatable bonds is 14. The molecule has 196 valence electrons. The first-order valence-electron chi connectivity index (χ1n) is 11.2. The summed E-state index contributed by atoms with van der Waals surface area (Å²) in [5.41, 5.74) is 6.48. The molecular weight excluding hydrogens is 476 g/mol. The first-order chi connectivity index (χ1) is 16.4. The fourth-order valence-electron chi connectivity index (χ4n) is 3.07. The molecule has 1 rings (SSSR count). The topological polar surface area (TPSA) is 191 Å². The molecule has 0 aliphatic rings. The number of nitrogens with one attached hydrogen (secondary N) is 3. The van der Waals surface area contributed by atoms with Crippen LogP contribution in [0.2, 0.25) is 0 Å². The van der Waals surface area contributed by atoms with Crippen LogP contribution in [0.25, 0.3) is 0 Å². The third-order valence-electron chi connectivity index (χ3n) is 5.32. The van der Waals surface area contributed by atoms with Gasteiger partial charge >= 0.3 is 5.97 Å². The largest absolute Gasteiger partial charge is 0.508 e. The number of thioether (sulfide) groups is 1. The smallest absolute Gasteiger partial charge is 0.328 e. The molecule has 0 heterocycles. The van der Waals surface area contributed by atoms with E-state index in [0.29, 0.717) is 11.3 Å². The summed E-state index contributed by atoms with van der Waals surface area (Å²) in [5, 5.41) is 36.0. The van der Waals surface area contributed by atoms with Crippen LogP contribution in [-0.2, 0) is 25.6 Å². The summed E-state index contributed by atoms with van der Waals surface area (Å²) >= 11 is 1.47. The molecule has 12 heteroatoms. The van der Waals surface area contributed by atoms with Gasteiger partial charge in [-0.3, -0.25) is 14.4 Å². The summed E-state index contributed by atoms with van der Waals surface area (Å²) in [6.45, 7) is 4.78. The van der Waals surface area contributed by atoms with Gasteiger partial charge in [0.05, 0.1) is 12.1 Å². The van der Waals surface area contributed by atoms with Gasteiger partial charge in [-0.05, 0) is 49.0 Å². The highest BCUT2D eigenvalue weighted by Gasteiger charge is 2.32. The van der Waals surface area contributed by atoms with Gasteiger partial charge in [-0.25, -0.2) is 4.79 Å². The van der Waals surface area contributed by atoms with Crippen LogP contribution in [0.1, 0.15) is 32.8 Å². The van der Waals surface area contributed by atoms with Crippen molar-refractivity contribution in [3.8, 4) is 5.75 Å². The van der Waals surface area contributed by atoms with Crippen LogP contribution >= 0.6 is 11.8 Å². The number of carbonyl (C=O) groups is 4. The Morgan fingerprint density at radius 1 is 0.943 bits per heavy atom. The molecule has 3 amide bonds. The maximum absolute atomic E-state index is 13.1. The van der Waals surface area contributed by atoms with Gasteiger partial charge in [0.1, 0.15) is 17.8 Å². The lowest BCUT2D eigenvalue weighted by atomic mass is 10.0. The van der Waals surface area contributed by atoms with Crippen molar-refractivity contribution in [3.05, 3.63) is 29.8 Å². The number of nitrogens with two attached hydrogens (primary N) is 1. The number of amides is 3. The van der Waals surface area contributed by atoms with E-state index in [1.807, 2.05) is 6.26 Å². The van der Waals surface area contributed by atoms with Crippen molar-refractivity contribution in [3.63, 3.8) is 0 Å². The highest BCUT2D eigenvalue weighted by Crippen LogP contribution is 2.12. The fourth-order valence-corrected chi connectivity index (χ4v) is 3.54. The number of hydrogen-bond acceptors (Lipinski definition) is 8. The molecule has 0 spiro atoms. The third-order valence-corrected chi connectivity index (χ3v) is 5.96. The molecule has 0 saturated carbocycles. The number of phenolic OH excluding ortho intramolecular Hbond substituents is 1. The van der Waals surface area contributed by atoms with E-state index >= 15 is 0 Å². The normalized spacial score (nSPS) is 15.4. The molecule has 8 N–H and O–H groups in total. The van der Waals surface area contributed by atoms with Crippen molar-refractivity contribution in [1.29, 1.82) is 0 Å². The number of aromatic hydroxyl groups is 1. The molecule has 0 aromatic heterocycles. The lowest BCUT2D eigenvalue weighted by molar-refractivity contribution is -0.145. The zero-order valence-electron chi connectivity index (χ0n) is 20.4. The zero-order valence-corrected chi connectivity index (χ0v) is 21.2. The average Bonchev–Trinajstić information content (AvgIpc) is 2.79. The number of aliphatic hydroxyl groups is 1. The second kappa shape index (κ2) is 14.5. The van der Waals surface area contributed by atoms with Crippen molar-refractivity contribution in [2.45, 2.75) is 63.9 Å². The fraction of sp³-hybridized carbons (Fsp3) is 0.565. The predicted molar refractivity (Wildman–Crippen MR) is 133 cm³/mol. The zero-order chi connectivity index (χ0) is 26.7. The van der Waals surface area contributed by atoms with E-state index in [4.69, 9.17) is 5.73 Å². The quantitative estimate of drug-likeness (QED) is 0.174. The van der Waals surface area contributed by atoms with Gasteiger partial charge < -0.3 is 37.0 Å². The maximum Gasteiger partial charge on any atom is 0.328 e. The number of benzene rings is 1. The van der Waals surface area contributed by atoms with E-state index in [0.717, 1.165) is 0 Å². The number of phenols is 1. The summed E-state index contributed by atoms with van der Waals surface area (Å²) in [7, 11) is 0. The van der Waals surface area contributed by atoms with Crippen LogP contribution in [0.4, 0.5) is 0 Å². The minimum atomic E-state index is -1.59. The Morgan fingerprint density at radius 3 is 1.97 bits per heavy atom. The molecule has 11 nitrogen and oxygen atoms in total. The Labute approximate surface area is 209 Å². The van der Waals surface area contributed by atoms with E-state index < -0.39 is 54.0 Å². The molecular formula is C23H36N4O7S. The predicted octanol–water partition coefficient (Wildman–Crippen LogP) is -0.409. The summed E-state index contributed by atoms with van der Waals surface area (Å²) in [5.74, 6) is -2.98. The van der Waals surface area contributed by atoms with Crippen LogP contribution in [0.5, 0.6) is 5.75 Å². The highest BCUT2D eigenvalue weighted by atomic mass is 32.2. The standard InChI is InChI=1S/C23H36N4O7S/c1-12(2)18(24)22(32)25-16(9-10-35-4)20(30)26-17(11-14-5-7-15(29)8-6-14)21(31)27-19(13(3)28)23(33)34/h5-8,12-13,16-19,28-29H,9-11,24H2,1-4H3,(H,25,32)(H,26,30)(H,27,31)(H,33,34). The van der Waals surface area contributed by atoms with Gasteiger partial charge in [0, 0.05) is 6.42 Å². The van der Waals surface area contributed by atoms with Crippen molar-refractivity contribution < 1.29 is 34.5 Å². The number of aliphatic carboxylic acids is 1. The van der Waals surface area contributed by atoms with Crippen molar-refractivity contribution in [1.82, 2.24) is 16.0 Å². The minimum Gasteiger partial charge on any atom is -0.508 e. The number of hydrogen-bond donors (Lipinski definition) is 7. The van der Waals surface area contributed by atoms with Crippen LogP contribution in [0.15, 0.2) is 24.3 Å². The SMILES string of the molecule is CSCCC(NC(=O)C(N)C(C)C)C(=O)NC(Cc1ccc(O)cc1)C(=O)NC(C(=O)O)C(C)O. The van der Waals surface area contributed by atoms with Gasteiger partial charge in [0.2, 0.25) is 17.7 Å². The maximum atomic E-state index is 13.1. The van der Waals surface area contributed by atoms with E-state index in [2.05, 4.69) is 16.0 Å². The van der Waals surface area contributed by atoms with Crippen molar-refractivity contribution in [2.75, 3.05) is 12.0 Å². The lowest BCUT2D eigenvalue weighted by Crippen LogP contribution is -2.59. The van der Waals surface area contributed by atoms with Crippen LogP contribution in [-0.4, -0.2) is 81.3 Å². The van der Waals surface area contributed by atoms with Gasteiger partial charge in [-0.2, -0.15) is 11.8 Å². The second-order valence-electron chi connectivity index (χ2n) is 8.61. The second-order valence-corrected chi connectivity index (χ2v) is 9.59. The molecule has 0 bridgehead atoms. The van der Waals surface area contributed by atoms with Gasteiger partial charge in [0.25, 0.3) is 0 Å². The van der Waals surface area contributed by atoms with Crippen molar-refractivity contribution in [2.24, 2.45) is 11.7 Å². The molecule has 0 aliphatic carbocycles. The van der Waals surface area contributed by atoms with E-state index in [9.17, 15) is 34.5 Å². The first kappa shape index (κ1) is 30.2. The molecule has 35 heavy (non-hydrogen) atoms. The molecule has 0 saturated heterocycles. The number of carboxylic acid groups (broad SMARTS) is 1. The molecule has 0 fully saturated rings. The summed E-state index contributed by atoms with van der Waals surface area (Å²) in [6, 6.07) is 1.34. The summed E-state index contributed by atoms with van der Waals surface area (Å²) in [4.78, 5) is 50.0. The summed E-state index contributed by atoms with van der Waals surface area (Å²) in [6.07, 6.45) is 0.716. The molecule has 0 aliphatic heterocycles. The van der Waals surface area contributed by atoms with E-state index in [1.54, 1.807) is 26.0 Å². The van der Waals surface area contributed by atoms with Crippen LogP contribution in [0.3, 0.4) is 0 Å². The van der Waals surface area contributed by atoms with Gasteiger partial charge in [-0.1, -0.05) is 26.0 Å². The molecule has 1 aromatic rings. The third kappa shape index (κ3) is 10.1. The molecule has 5 atom stereocenters. The monoisotopic (exact) mass is 512 g/mol. The molecule has 5 unspecified atom stereocenters. The van der Waals surface area contributed by atoms with Gasteiger partial charge in [0.15, 0.2) is 6.04 Å². The van der Waals surface area contributed by atoms with Crippen LogP contribution < -0.4 is 21.7 Å². The average molecular weight is 513 g/mol. The Kier molecular flexibility index (Phi) is 12.5. The Balaban J connectivity index is 3.14. The van der Waals surface area contributed by atoms with Gasteiger partial charge in [-0.15, -0.1) is 0 Å². The minimum absolute atomic E-state index is 0.0140. The Morgan fingerprint density at radius 2 is 1.49 bits per heavy atom. The van der Waals surface area contributed by atoms with E-state index in [1.165, 1.54) is 30.8 Å².